The number of aryl methyl sites for hydroxylation is 5. The maximum absolute atomic E-state index is 13.4. The van der Waals surface area contributed by atoms with Crippen molar-refractivity contribution in [3.8, 4) is 0 Å². The van der Waals surface area contributed by atoms with E-state index in [0.29, 0.717) is 17.2 Å². The highest BCUT2D eigenvalue weighted by Gasteiger charge is 2.39. The predicted octanol–water partition coefficient (Wildman–Crippen LogP) is 3.74. The van der Waals surface area contributed by atoms with E-state index in [1.165, 1.54) is 0 Å². The normalized spacial score (nSPS) is 19.1. The molecule has 1 aromatic heterocycles. The van der Waals surface area contributed by atoms with Crippen molar-refractivity contribution in [2.45, 2.75) is 58.4 Å². The van der Waals surface area contributed by atoms with Gasteiger partial charge >= 0.3 is 0 Å². The summed E-state index contributed by atoms with van der Waals surface area (Å²) in [7, 11) is -3.56. The van der Waals surface area contributed by atoms with Crippen molar-refractivity contribution in [1.29, 1.82) is 0 Å². The van der Waals surface area contributed by atoms with Crippen LogP contribution in [-0.2, 0) is 10.0 Å². The molecule has 1 aliphatic heterocycles. The standard InChI is InChI=1S/C18H24N2O3S/c1-11-9-12(2)18(13(3)10-11)24(21,22)20-8-6-7-16(20)17-14(4)19-23-15(17)5/h9-10,16H,6-8H2,1-5H3. The van der Waals surface area contributed by atoms with E-state index >= 15 is 0 Å². The molecule has 0 N–H and O–H groups in total. The fourth-order valence-electron chi connectivity index (χ4n) is 3.97. The molecule has 2 heterocycles. The average molecular weight is 348 g/mol. The number of hydrogen-bond donors (Lipinski definition) is 0. The third-order valence-electron chi connectivity index (χ3n) is 4.80. The molecular formula is C18H24N2O3S. The fraction of sp³-hybridized carbons (Fsp3) is 0.500. The molecule has 24 heavy (non-hydrogen) atoms. The molecule has 0 spiro atoms. The van der Waals surface area contributed by atoms with Gasteiger partial charge in [-0.1, -0.05) is 22.9 Å². The lowest BCUT2D eigenvalue weighted by atomic mass is 10.0. The van der Waals surface area contributed by atoms with Crippen LogP contribution in [0.15, 0.2) is 21.6 Å². The van der Waals surface area contributed by atoms with Crippen LogP contribution in [0.25, 0.3) is 0 Å². The molecule has 5 nitrogen and oxygen atoms in total. The third-order valence-corrected chi connectivity index (χ3v) is 7.01. The van der Waals surface area contributed by atoms with Gasteiger partial charge in [-0.3, -0.25) is 0 Å². The minimum atomic E-state index is -3.56. The summed E-state index contributed by atoms with van der Waals surface area (Å²) in [5.41, 5.74) is 4.37. The van der Waals surface area contributed by atoms with Crippen LogP contribution in [0.3, 0.4) is 0 Å². The smallest absolute Gasteiger partial charge is 0.244 e. The lowest BCUT2D eigenvalue weighted by molar-refractivity contribution is 0.376. The summed E-state index contributed by atoms with van der Waals surface area (Å²) >= 11 is 0. The molecule has 1 aromatic carbocycles. The van der Waals surface area contributed by atoms with Gasteiger partial charge in [-0.25, -0.2) is 8.42 Å². The molecule has 1 saturated heterocycles. The zero-order chi connectivity index (χ0) is 17.6. The van der Waals surface area contributed by atoms with E-state index in [-0.39, 0.29) is 6.04 Å². The van der Waals surface area contributed by atoms with Crippen molar-refractivity contribution in [1.82, 2.24) is 9.46 Å². The first-order chi connectivity index (χ1) is 11.2. The molecule has 1 fully saturated rings. The molecule has 130 valence electrons. The lowest BCUT2D eigenvalue weighted by Crippen LogP contribution is -2.32. The molecule has 1 atom stereocenters. The van der Waals surface area contributed by atoms with Crippen LogP contribution >= 0.6 is 0 Å². The van der Waals surface area contributed by atoms with Crippen molar-refractivity contribution in [2.24, 2.45) is 0 Å². The maximum Gasteiger partial charge on any atom is 0.244 e. The molecular weight excluding hydrogens is 324 g/mol. The van der Waals surface area contributed by atoms with Crippen LogP contribution in [0.2, 0.25) is 0 Å². The van der Waals surface area contributed by atoms with Gasteiger partial charge in [0.05, 0.1) is 16.6 Å². The van der Waals surface area contributed by atoms with Crippen LogP contribution in [-0.4, -0.2) is 24.4 Å². The first kappa shape index (κ1) is 17.2. The van der Waals surface area contributed by atoms with Gasteiger partial charge in [0.25, 0.3) is 0 Å². The summed E-state index contributed by atoms with van der Waals surface area (Å²) in [4.78, 5) is 0.437. The zero-order valence-corrected chi connectivity index (χ0v) is 15.7. The second kappa shape index (κ2) is 6.01. The van der Waals surface area contributed by atoms with Crippen LogP contribution in [0.5, 0.6) is 0 Å². The Morgan fingerprint density at radius 1 is 1.12 bits per heavy atom. The summed E-state index contributed by atoms with van der Waals surface area (Å²) in [6.07, 6.45) is 1.64. The molecule has 2 aromatic rings. The molecule has 0 amide bonds. The van der Waals surface area contributed by atoms with Crippen LogP contribution < -0.4 is 0 Å². The first-order valence-corrected chi connectivity index (χ1v) is 9.70. The number of sulfonamides is 1. The van der Waals surface area contributed by atoms with Crippen molar-refractivity contribution >= 4 is 10.0 Å². The van der Waals surface area contributed by atoms with Gasteiger partial charge in [-0.15, -0.1) is 0 Å². The Balaban J connectivity index is 2.10. The third kappa shape index (κ3) is 2.67. The molecule has 0 saturated carbocycles. The Morgan fingerprint density at radius 2 is 1.75 bits per heavy atom. The second-order valence-electron chi connectivity index (χ2n) is 6.74. The Morgan fingerprint density at radius 3 is 2.29 bits per heavy atom. The molecule has 0 aliphatic carbocycles. The summed E-state index contributed by atoms with van der Waals surface area (Å²) in [6.45, 7) is 9.97. The van der Waals surface area contributed by atoms with E-state index in [4.69, 9.17) is 4.52 Å². The fourth-order valence-corrected chi connectivity index (χ4v) is 6.05. The van der Waals surface area contributed by atoms with E-state index in [2.05, 4.69) is 5.16 Å². The average Bonchev–Trinajstić information content (AvgIpc) is 3.04. The summed E-state index contributed by atoms with van der Waals surface area (Å²) < 4.78 is 33.7. The minimum absolute atomic E-state index is 0.193. The molecule has 1 aliphatic rings. The van der Waals surface area contributed by atoms with Crippen LogP contribution in [0, 0.1) is 34.6 Å². The summed E-state index contributed by atoms with van der Waals surface area (Å²) in [5, 5.41) is 4.00. The predicted molar refractivity (Wildman–Crippen MR) is 92.5 cm³/mol. The summed E-state index contributed by atoms with van der Waals surface area (Å²) in [5.74, 6) is 0.706. The van der Waals surface area contributed by atoms with Crippen LogP contribution in [0.4, 0.5) is 0 Å². The van der Waals surface area contributed by atoms with E-state index in [9.17, 15) is 8.42 Å². The number of hydrogen-bond acceptors (Lipinski definition) is 4. The monoisotopic (exact) mass is 348 g/mol. The van der Waals surface area contributed by atoms with Crippen LogP contribution in [0.1, 0.15) is 52.6 Å². The summed E-state index contributed by atoms with van der Waals surface area (Å²) in [6, 6.07) is 3.67. The number of rotatable bonds is 3. The van der Waals surface area contributed by atoms with Crippen molar-refractivity contribution in [2.75, 3.05) is 6.54 Å². The van der Waals surface area contributed by atoms with Gasteiger partial charge in [0.1, 0.15) is 5.76 Å². The van der Waals surface area contributed by atoms with Crippen molar-refractivity contribution in [3.05, 3.63) is 45.8 Å². The zero-order valence-electron chi connectivity index (χ0n) is 14.9. The molecule has 0 bridgehead atoms. The van der Waals surface area contributed by atoms with Gasteiger partial charge in [-0.05, 0) is 58.6 Å². The first-order valence-electron chi connectivity index (χ1n) is 8.26. The van der Waals surface area contributed by atoms with Crippen molar-refractivity contribution < 1.29 is 12.9 Å². The Kier molecular flexibility index (Phi) is 4.30. The topological polar surface area (TPSA) is 63.4 Å². The van der Waals surface area contributed by atoms with Gasteiger partial charge in [0.15, 0.2) is 0 Å². The second-order valence-corrected chi connectivity index (χ2v) is 8.57. The SMILES string of the molecule is Cc1cc(C)c(S(=O)(=O)N2CCCC2c2c(C)noc2C)c(C)c1. The highest BCUT2D eigenvalue weighted by Crippen LogP contribution is 2.40. The Hall–Kier alpha value is -1.66. The van der Waals surface area contributed by atoms with Gasteiger partial charge in [0.2, 0.25) is 10.0 Å². The number of aromatic nitrogens is 1. The van der Waals surface area contributed by atoms with E-state index < -0.39 is 10.0 Å². The molecule has 1 unspecified atom stereocenters. The van der Waals surface area contributed by atoms with Gasteiger partial charge < -0.3 is 4.52 Å². The van der Waals surface area contributed by atoms with Gasteiger partial charge in [0, 0.05) is 12.1 Å². The highest BCUT2D eigenvalue weighted by molar-refractivity contribution is 7.89. The van der Waals surface area contributed by atoms with Crippen molar-refractivity contribution in [3.63, 3.8) is 0 Å². The lowest BCUT2D eigenvalue weighted by Gasteiger charge is -2.26. The molecule has 6 heteroatoms. The van der Waals surface area contributed by atoms with E-state index in [1.807, 2.05) is 46.8 Å². The highest BCUT2D eigenvalue weighted by atomic mass is 32.2. The maximum atomic E-state index is 13.4. The largest absolute Gasteiger partial charge is 0.361 e. The number of benzene rings is 1. The Bertz CT molecular complexity index is 841. The van der Waals surface area contributed by atoms with E-state index in [0.717, 1.165) is 40.8 Å². The van der Waals surface area contributed by atoms with Gasteiger partial charge in [-0.2, -0.15) is 4.31 Å². The minimum Gasteiger partial charge on any atom is -0.361 e. The molecule has 3 rings (SSSR count). The Labute approximate surface area is 143 Å². The quantitative estimate of drug-likeness (QED) is 0.847. The number of nitrogens with zero attached hydrogens (tertiary/aromatic N) is 2. The van der Waals surface area contributed by atoms with E-state index in [1.54, 1.807) is 4.31 Å². The molecule has 0 radical (unpaired) electrons.